The van der Waals surface area contributed by atoms with Crippen LogP contribution in [0.15, 0.2) is 47.4 Å². The molecular formula is C16H14F5NO3S. The Balaban J connectivity index is 2.25. The van der Waals surface area contributed by atoms with Crippen LogP contribution in [0.1, 0.15) is 24.9 Å². The molecule has 0 fully saturated rings. The van der Waals surface area contributed by atoms with Crippen LogP contribution in [-0.4, -0.2) is 14.8 Å². The maximum Gasteiger partial charge on any atom is 0.573 e. The lowest BCUT2D eigenvalue weighted by atomic mass is 10.1. The van der Waals surface area contributed by atoms with Gasteiger partial charge in [0.15, 0.2) is 0 Å². The Hall–Kier alpha value is -2.20. The summed E-state index contributed by atoms with van der Waals surface area (Å²) in [5.74, 6) is -2.10. The fourth-order valence-electron chi connectivity index (χ4n) is 2.22. The van der Waals surface area contributed by atoms with Crippen molar-refractivity contribution < 1.29 is 35.1 Å². The van der Waals surface area contributed by atoms with Crippen LogP contribution in [0.4, 0.5) is 22.0 Å². The molecule has 1 unspecified atom stereocenters. The second-order valence-corrected chi connectivity index (χ2v) is 6.98. The highest BCUT2D eigenvalue weighted by Crippen LogP contribution is 2.26. The van der Waals surface area contributed by atoms with E-state index in [0.29, 0.717) is 0 Å². The van der Waals surface area contributed by atoms with Crippen LogP contribution >= 0.6 is 0 Å². The summed E-state index contributed by atoms with van der Waals surface area (Å²) in [5, 5.41) is 0. The van der Waals surface area contributed by atoms with Crippen molar-refractivity contribution in [1.29, 1.82) is 0 Å². The molecule has 1 atom stereocenters. The molecular weight excluding hydrogens is 381 g/mol. The molecule has 0 aliphatic rings. The van der Waals surface area contributed by atoms with E-state index < -0.39 is 39.8 Å². The van der Waals surface area contributed by atoms with E-state index in [0.717, 1.165) is 42.5 Å². The second-order valence-electron chi connectivity index (χ2n) is 5.27. The van der Waals surface area contributed by atoms with Gasteiger partial charge in [-0.1, -0.05) is 6.92 Å². The van der Waals surface area contributed by atoms with Gasteiger partial charge in [-0.2, -0.15) is 0 Å². The van der Waals surface area contributed by atoms with Gasteiger partial charge in [-0.3, -0.25) is 0 Å². The number of rotatable bonds is 6. The van der Waals surface area contributed by atoms with Gasteiger partial charge in [-0.15, -0.1) is 13.2 Å². The first kappa shape index (κ1) is 20.1. The Bertz CT molecular complexity index is 866. The minimum Gasteiger partial charge on any atom is -0.406 e. The van der Waals surface area contributed by atoms with E-state index in [-0.39, 0.29) is 16.9 Å². The molecule has 2 rings (SSSR count). The van der Waals surface area contributed by atoms with E-state index in [1.54, 1.807) is 6.92 Å². The molecule has 26 heavy (non-hydrogen) atoms. The van der Waals surface area contributed by atoms with Crippen molar-refractivity contribution in [2.75, 3.05) is 0 Å². The maximum atomic E-state index is 13.9. The zero-order valence-corrected chi connectivity index (χ0v) is 14.2. The number of hydrogen-bond acceptors (Lipinski definition) is 3. The first-order valence-corrected chi connectivity index (χ1v) is 8.83. The third-order valence-electron chi connectivity index (χ3n) is 3.41. The molecule has 4 nitrogen and oxygen atoms in total. The predicted molar refractivity (Wildman–Crippen MR) is 82.8 cm³/mol. The molecule has 1 N–H and O–H groups in total. The Labute approximate surface area is 146 Å². The highest BCUT2D eigenvalue weighted by atomic mass is 32.2. The number of halogens is 5. The van der Waals surface area contributed by atoms with E-state index in [2.05, 4.69) is 9.46 Å². The van der Waals surface area contributed by atoms with Crippen LogP contribution in [0.5, 0.6) is 5.75 Å². The summed E-state index contributed by atoms with van der Waals surface area (Å²) in [6, 6.07) is 5.12. The number of ether oxygens (including phenoxy) is 1. The lowest BCUT2D eigenvalue weighted by Gasteiger charge is -2.18. The summed E-state index contributed by atoms with van der Waals surface area (Å²) >= 11 is 0. The molecule has 0 bridgehead atoms. The quantitative estimate of drug-likeness (QED) is 0.743. The van der Waals surface area contributed by atoms with Crippen molar-refractivity contribution in [2.24, 2.45) is 0 Å². The molecule has 0 heterocycles. The van der Waals surface area contributed by atoms with Crippen molar-refractivity contribution in [3.63, 3.8) is 0 Å². The van der Waals surface area contributed by atoms with Gasteiger partial charge in [0, 0.05) is 11.6 Å². The third kappa shape index (κ3) is 5.15. The lowest BCUT2D eigenvalue weighted by Crippen LogP contribution is -2.29. The molecule has 0 spiro atoms. The normalized spacial score (nSPS) is 13.5. The van der Waals surface area contributed by atoms with E-state index in [1.165, 1.54) is 0 Å². The maximum absolute atomic E-state index is 13.9. The van der Waals surface area contributed by atoms with E-state index in [9.17, 15) is 30.4 Å². The standard InChI is InChI=1S/C16H14F5NO3S/c1-2-15(13-9-10(17)3-8-14(13)18)22-26(23,24)12-6-4-11(5-7-12)25-16(19,20)21/h3-9,15,22H,2H2,1H3. The minimum absolute atomic E-state index is 0.120. The molecule has 0 amide bonds. The molecule has 0 radical (unpaired) electrons. The van der Waals surface area contributed by atoms with Crippen LogP contribution in [0.25, 0.3) is 0 Å². The molecule has 2 aromatic carbocycles. The van der Waals surface area contributed by atoms with Crippen molar-refractivity contribution >= 4 is 10.0 Å². The van der Waals surface area contributed by atoms with Crippen molar-refractivity contribution in [3.05, 3.63) is 59.7 Å². The van der Waals surface area contributed by atoms with Crippen molar-refractivity contribution in [3.8, 4) is 5.75 Å². The minimum atomic E-state index is -4.90. The zero-order valence-electron chi connectivity index (χ0n) is 13.3. The van der Waals surface area contributed by atoms with E-state index in [1.807, 2.05) is 0 Å². The zero-order chi connectivity index (χ0) is 19.5. The second kappa shape index (κ2) is 7.58. The summed E-state index contributed by atoms with van der Waals surface area (Å²) in [6.07, 6.45) is -4.78. The third-order valence-corrected chi connectivity index (χ3v) is 4.89. The van der Waals surface area contributed by atoms with Crippen LogP contribution in [0.2, 0.25) is 0 Å². The van der Waals surface area contributed by atoms with Crippen LogP contribution < -0.4 is 9.46 Å². The molecule has 142 valence electrons. The summed E-state index contributed by atoms with van der Waals surface area (Å²) in [6.45, 7) is 1.57. The van der Waals surface area contributed by atoms with E-state index in [4.69, 9.17) is 0 Å². The highest BCUT2D eigenvalue weighted by Gasteiger charge is 2.31. The van der Waals surface area contributed by atoms with Crippen LogP contribution in [-0.2, 0) is 10.0 Å². The average Bonchev–Trinajstić information content (AvgIpc) is 2.54. The molecule has 0 saturated heterocycles. The van der Waals surface area contributed by atoms with Crippen molar-refractivity contribution in [2.45, 2.75) is 30.6 Å². The number of benzene rings is 2. The highest BCUT2D eigenvalue weighted by molar-refractivity contribution is 7.89. The smallest absolute Gasteiger partial charge is 0.406 e. The fourth-order valence-corrected chi connectivity index (χ4v) is 3.52. The van der Waals surface area contributed by atoms with Crippen LogP contribution in [0.3, 0.4) is 0 Å². The predicted octanol–water partition coefficient (Wildman–Crippen LogP) is 4.29. The van der Waals surface area contributed by atoms with Gasteiger partial charge in [0.2, 0.25) is 10.0 Å². The summed E-state index contributed by atoms with van der Waals surface area (Å²) in [5.41, 5.74) is -0.173. The van der Waals surface area contributed by atoms with Gasteiger partial charge in [-0.25, -0.2) is 21.9 Å². The molecule has 0 saturated carbocycles. The van der Waals surface area contributed by atoms with Gasteiger partial charge in [0.05, 0.1) is 4.90 Å². The van der Waals surface area contributed by atoms with Gasteiger partial charge >= 0.3 is 6.36 Å². The number of nitrogens with one attached hydrogen (secondary N) is 1. The lowest BCUT2D eigenvalue weighted by molar-refractivity contribution is -0.274. The molecule has 0 aliphatic carbocycles. The fraction of sp³-hybridized carbons (Fsp3) is 0.250. The molecule has 0 aliphatic heterocycles. The summed E-state index contributed by atoms with van der Waals surface area (Å²) < 4.78 is 94.2. The first-order chi connectivity index (χ1) is 12.0. The Morgan fingerprint density at radius 1 is 1.08 bits per heavy atom. The topological polar surface area (TPSA) is 55.4 Å². The van der Waals surface area contributed by atoms with E-state index >= 15 is 0 Å². The Morgan fingerprint density at radius 2 is 1.69 bits per heavy atom. The summed E-state index contributed by atoms with van der Waals surface area (Å²) in [7, 11) is -4.19. The summed E-state index contributed by atoms with van der Waals surface area (Å²) in [4.78, 5) is -0.345. The van der Waals surface area contributed by atoms with Crippen molar-refractivity contribution in [1.82, 2.24) is 4.72 Å². The van der Waals surface area contributed by atoms with Crippen LogP contribution in [0, 0.1) is 11.6 Å². The monoisotopic (exact) mass is 395 g/mol. The molecule has 10 heteroatoms. The Morgan fingerprint density at radius 3 is 2.23 bits per heavy atom. The number of sulfonamides is 1. The largest absolute Gasteiger partial charge is 0.573 e. The average molecular weight is 395 g/mol. The van der Waals surface area contributed by atoms with Gasteiger partial charge in [-0.05, 0) is 48.9 Å². The van der Waals surface area contributed by atoms with Gasteiger partial charge in [0.1, 0.15) is 17.4 Å². The Kier molecular flexibility index (Phi) is 5.87. The molecule has 0 aromatic heterocycles. The van der Waals surface area contributed by atoms with Gasteiger partial charge < -0.3 is 4.74 Å². The number of hydrogen-bond donors (Lipinski definition) is 1. The molecule has 2 aromatic rings. The number of alkyl halides is 3. The first-order valence-electron chi connectivity index (χ1n) is 7.35. The van der Waals surface area contributed by atoms with Gasteiger partial charge in [0.25, 0.3) is 0 Å². The SMILES string of the molecule is CCC(NS(=O)(=O)c1ccc(OC(F)(F)F)cc1)c1cc(F)ccc1F.